The van der Waals surface area contributed by atoms with E-state index >= 15 is 0 Å². The minimum absolute atomic E-state index is 0.162. The first kappa shape index (κ1) is 21.9. The second kappa shape index (κ2) is 9.84. The summed E-state index contributed by atoms with van der Waals surface area (Å²) in [6, 6.07) is 6.05. The fourth-order valence-electron chi connectivity index (χ4n) is 3.68. The van der Waals surface area contributed by atoms with Gasteiger partial charge < -0.3 is 14.4 Å². The molecule has 31 heavy (non-hydrogen) atoms. The minimum atomic E-state index is 0.162. The predicted octanol–water partition coefficient (Wildman–Crippen LogP) is 3.45. The second-order valence-corrected chi connectivity index (χ2v) is 9.27. The van der Waals surface area contributed by atoms with Gasteiger partial charge in [-0.15, -0.1) is 11.3 Å². The lowest BCUT2D eigenvalue weighted by molar-refractivity contribution is -0.130. The Morgan fingerprint density at radius 2 is 1.87 bits per heavy atom. The van der Waals surface area contributed by atoms with Gasteiger partial charge in [0.05, 0.1) is 30.2 Å². The van der Waals surface area contributed by atoms with Crippen LogP contribution in [0, 0.1) is 6.92 Å². The molecule has 0 spiro atoms. The normalized spacial score (nSPS) is 14.7. The maximum Gasteiger partial charge on any atom is 0.233 e. The highest BCUT2D eigenvalue weighted by Gasteiger charge is 2.22. The molecule has 1 aromatic carbocycles. The van der Waals surface area contributed by atoms with E-state index in [0.717, 1.165) is 59.5 Å². The number of aryl methyl sites for hydroxylation is 1. The molecule has 0 radical (unpaired) electrons. The molecular formula is C22H26N4O3S2. The summed E-state index contributed by atoms with van der Waals surface area (Å²) in [7, 11) is 3.31. The van der Waals surface area contributed by atoms with E-state index in [4.69, 9.17) is 9.47 Å². The van der Waals surface area contributed by atoms with Crippen LogP contribution in [-0.4, -0.2) is 71.8 Å². The molecule has 1 aliphatic rings. The first-order valence-electron chi connectivity index (χ1n) is 10.1. The highest BCUT2D eigenvalue weighted by molar-refractivity contribution is 8.00. The molecule has 1 amide bonds. The lowest BCUT2D eigenvalue weighted by Crippen LogP contribution is -2.48. The van der Waals surface area contributed by atoms with E-state index in [1.807, 2.05) is 22.4 Å². The van der Waals surface area contributed by atoms with Gasteiger partial charge in [0.25, 0.3) is 0 Å². The van der Waals surface area contributed by atoms with Gasteiger partial charge in [-0.3, -0.25) is 9.69 Å². The van der Waals surface area contributed by atoms with Crippen molar-refractivity contribution in [1.29, 1.82) is 0 Å². The van der Waals surface area contributed by atoms with Crippen molar-refractivity contribution in [3.05, 3.63) is 41.0 Å². The molecule has 1 aliphatic heterocycles. The fraction of sp³-hybridized carbons (Fsp3) is 0.409. The Balaban J connectivity index is 1.30. The number of piperazine rings is 1. The smallest absolute Gasteiger partial charge is 0.233 e. The number of amides is 1. The Kier molecular flexibility index (Phi) is 6.94. The number of methoxy groups -OCH3 is 2. The summed E-state index contributed by atoms with van der Waals surface area (Å²) in [5, 5.41) is 2.89. The molecule has 0 atom stereocenters. The molecule has 0 N–H and O–H groups in total. The van der Waals surface area contributed by atoms with Crippen LogP contribution in [0.5, 0.6) is 11.5 Å². The Hall–Kier alpha value is -2.36. The third-order valence-electron chi connectivity index (χ3n) is 5.50. The summed E-state index contributed by atoms with van der Waals surface area (Å²) in [5.74, 6) is 2.06. The molecule has 3 aromatic rings. The molecule has 1 saturated heterocycles. The molecule has 0 bridgehead atoms. The van der Waals surface area contributed by atoms with Gasteiger partial charge >= 0.3 is 0 Å². The molecule has 4 rings (SSSR count). The second-order valence-electron chi connectivity index (χ2n) is 7.39. The predicted molar refractivity (Wildman–Crippen MR) is 124 cm³/mol. The maximum atomic E-state index is 12.7. The van der Waals surface area contributed by atoms with Crippen molar-refractivity contribution >= 4 is 39.2 Å². The number of nitrogens with zero attached hydrogens (tertiary/aromatic N) is 4. The molecule has 2 aromatic heterocycles. The van der Waals surface area contributed by atoms with E-state index in [2.05, 4.69) is 27.9 Å². The van der Waals surface area contributed by atoms with Crippen LogP contribution in [-0.2, 0) is 11.3 Å². The number of aromatic nitrogens is 2. The van der Waals surface area contributed by atoms with Crippen molar-refractivity contribution < 1.29 is 14.3 Å². The van der Waals surface area contributed by atoms with Crippen LogP contribution >= 0.6 is 23.1 Å². The first-order chi connectivity index (χ1) is 15.1. The van der Waals surface area contributed by atoms with Crippen LogP contribution in [0.15, 0.2) is 34.9 Å². The highest BCUT2D eigenvalue weighted by atomic mass is 32.2. The van der Waals surface area contributed by atoms with Gasteiger partial charge in [-0.05, 0) is 41.6 Å². The number of rotatable bonds is 7. The molecule has 7 nitrogen and oxygen atoms in total. The fourth-order valence-corrected chi connectivity index (χ4v) is 5.53. The Morgan fingerprint density at radius 1 is 1.13 bits per heavy atom. The van der Waals surface area contributed by atoms with Crippen molar-refractivity contribution in [3.63, 3.8) is 0 Å². The summed E-state index contributed by atoms with van der Waals surface area (Å²) in [4.78, 5) is 25.7. The van der Waals surface area contributed by atoms with E-state index in [1.165, 1.54) is 22.9 Å². The van der Waals surface area contributed by atoms with Crippen LogP contribution in [0.2, 0.25) is 0 Å². The van der Waals surface area contributed by atoms with Crippen LogP contribution in [0.1, 0.15) is 11.1 Å². The summed E-state index contributed by atoms with van der Waals surface area (Å²) in [5.41, 5.74) is 3.34. The van der Waals surface area contributed by atoms with Gasteiger partial charge in [0, 0.05) is 32.7 Å². The van der Waals surface area contributed by atoms with E-state index < -0.39 is 0 Å². The largest absolute Gasteiger partial charge is 0.493 e. The van der Waals surface area contributed by atoms with Crippen LogP contribution < -0.4 is 9.47 Å². The monoisotopic (exact) mass is 458 g/mol. The van der Waals surface area contributed by atoms with Crippen LogP contribution in [0.25, 0.3) is 10.2 Å². The first-order valence-corrected chi connectivity index (χ1v) is 12.0. The molecule has 3 heterocycles. The van der Waals surface area contributed by atoms with Crippen molar-refractivity contribution in [2.75, 3.05) is 46.2 Å². The number of thiophene rings is 1. The number of benzene rings is 1. The third-order valence-corrected chi connectivity index (χ3v) is 7.52. The number of hydrogen-bond donors (Lipinski definition) is 0. The number of fused-ring (bicyclic) bond motifs is 1. The average Bonchev–Trinajstić information content (AvgIpc) is 3.28. The van der Waals surface area contributed by atoms with Crippen molar-refractivity contribution in [2.24, 2.45) is 0 Å². The van der Waals surface area contributed by atoms with Gasteiger partial charge in [0.15, 0.2) is 11.5 Å². The van der Waals surface area contributed by atoms with E-state index in [1.54, 1.807) is 31.9 Å². The van der Waals surface area contributed by atoms with Gasteiger partial charge in [-0.2, -0.15) is 0 Å². The zero-order valence-corrected chi connectivity index (χ0v) is 19.6. The van der Waals surface area contributed by atoms with Gasteiger partial charge in [0.1, 0.15) is 11.4 Å². The number of carbonyl (C=O) groups excluding carboxylic acids is 1. The summed E-state index contributed by atoms with van der Waals surface area (Å²) < 4.78 is 11.9. The Bertz CT molecular complexity index is 1060. The van der Waals surface area contributed by atoms with Gasteiger partial charge in [-0.25, -0.2) is 9.97 Å². The van der Waals surface area contributed by atoms with E-state index in [9.17, 15) is 4.79 Å². The lowest BCUT2D eigenvalue weighted by Gasteiger charge is -2.35. The molecule has 0 aliphatic carbocycles. The SMILES string of the molecule is COc1cc(C)c(CN2CCN(C(=O)CSc3ncnc4ccsc34)CC2)cc1OC. The quantitative estimate of drug-likeness (QED) is 0.397. The molecule has 1 fully saturated rings. The number of hydrogen-bond acceptors (Lipinski definition) is 8. The molecule has 164 valence electrons. The summed E-state index contributed by atoms with van der Waals surface area (Å²) in [6.07, 6.45) is 1.57. The molecule has 0 saturated carbocycles. The topological polar surface area (TPSA) is 67.8 Å². The zero-order chi connectivity index (χ0) is 21.8. The Labute approximate surface area is 190 Å². The summed E-state index contributed by atoms with van der Waals surface area (Å²) >= 11 is 3.11. The van der Waals surface area contributed by atoms with Crippen molar-refractivity contribution in [3.8, 4) is 11.5 Å². The number of carbonyl (C=O) groups is 1. The average molecular weight is 459 g/mol. The zero-order valence-electron chi connectivity index (χ0n) is 18.0. The van der Waals surface area contributed by atoms with Gasteiger partial charge in [0.2, 0.25) is 5.91 Å². The standard InChI is InChI=1S/C22H26N4O3S2/c1-15-10-18(28-2)19(29-3)11-16(15)12-25-5-7-26(8-6-25)20(27)13-31-22-21-17(4-9-30-21)23-14-24-22/h4,9-11,14H,5-8,12-13H2,1-3H3. The summed E-state index contributed by atoms with van der Waals surface area (Å²) in [6.45, 7) is 6.11. The minimum Gasteiger partial charge on any atom is -0.493 e. The van der Waals surface area contributed by atoms with Crippen molar-refractivity contribution in [1.82, 2.24) is 19.8 Å². The molecule has 0 unspecified atom stereocenters. The maximum absolute atomic E-state index is 12.7. The molecule has 9 heteroatoms. The van der Waals surface area contributed by atoms with Crippen LogP contribution in [0.4, 0.5) is 0 Å². The Morgan fingerprint density at radius 3 is 2.61 bits per heavy atom. The number of thioether (sulfide) groups is 1. The van der Waals surface area contributed by atoms with Gasteiger partial charge in [-0.1, -0.05) is 11.8 Å². The van der Waals surface area contributed by atoms with Crippen LogP contribution in [0.3, 0.4) is 0 Å². The van der Waals surface area contributed by atoms with Crippen molar-refractivity contribution in [2.45, 2.75) is 18.5 Å². The molecular weight excluding hydrogens is 432 g/mol. The highest BCUT2D eigenvalue weighted by Crippen LogP contribution is 2.31. The third kappa shape index (κ3) is 4.94. The lowest BCUT2D eigenvalue weighted by atomic mass is 10.1. The van der Waals surface area contributed by atoms with E-state index in [-0.39, 0.29) is 5.91 Å². The number of ether oxygens (including phenoxy) is 2. The van der Waals surface area contributed by atoms with E-state index in [0.29, 0.717) is 5.75 Å².